The Morgan fingerprint density at radius 2 is 2.06 bits per heavy atom. The van der Waals surface area contributed by atoms with Crippen molar-refractivity contribution in [1.29, 1.82) is 0 Å². The zero-order valence-corrected chi connectivity index (χ0v) is 12.9. The van der Waals surface area contributed by atoms with E-state index in [-0.39, 0.29) is 5.91 Å². The molecule has 1 rings (SSSR count). The number of carbonyl (C=O) groups is 1. The molecule has 0 saturated heterocycles. The van der Waals surface area contributed by atoms with Crippen LogP contribution in [0, 0.1) is 6.92 Å². The first-order valence-corrected chi connectivity index (χ1v) is 6.82. The molecule has 0 aromatic heterocycles. The number of halogens is 1. The van der Waals surface area contributed by atoms with E-state index in [0.717, 1.165) is 10.0 Å². The van der Waals surface area contributed by atoms with E-state index in [4.69, 9.17) is 0 Å². The molecule has 0 bridgehead atoms. The highest BCUT2D eigenvalue weighted by atomic mass is 79.9. The smallest absolute Gasteiger partial charge is 0.255 e. The molecular formula is C14H20BrNO2. The zero-order valence-electron chi connectivity index (χ0n) is 11.3. The van der Waals surface area contributed by atoms with Gasteiger partial charge in [-0.25, -0.2) is 0 Å². The minimum atomic E-state index is -0.887. The van der Waals surface area contributed by atoms with Crippen molar-refractivity contribution in [3.8, 4) is 0 Å². The Balaban J connectivity index is 3.01. The summed E-state index contributed by atoms with van der Waals surface area (Å²) in [5, 5.41) is 9.83. The number of benzene rings is 1. The van der Waals surface area contributed by atoms with Gasteiger partial charge in [0.1, 0.15) is 0 Å². The fraction of sp³-hybridized carbons (Fsp3) is 0.500. The molecule has 1 N–H and O–H groups in total. The molecule has 0 radical (unpaired) electrons. The first kappa shape index (κ1) is 15.2. The number of nitrogens with zero attached hydrogens (tertiary/aromatic N) is 1. The van der Waals surface area contributed by atoms with Crippen molar-refractivity contribution >= 4 is 21.8 Å². The van der Waals surface area contributed by atoms with Crippen molar-refractivity contribution in [3.05, 3.63) is 33.8 Å². The average Bonchev–Trinajstić information content (AvgIpc) is 2.27. The van der Waals surface area contributed by atoms with Crippen LogP contribution in [0.5, 0.6) is 0 Å². The normalized spacial score (nSPS) is 11.4. The summed E-state index contributed by atoms with van der Waals surface area (Å²) in [6.07, 6.45) is 0. The van der Waals surface area contributed by atoms with Crippen molar-refractivity contribution in [1.82, 2.24) is 4.90 Å². The maximum atomic E-state index is 12.4. The van der Waals surface area contributed by atoms with Crippen LogP contribution in [0.15, 0.2) is 22.7 Å². The van der Waals surface area contributed by atoms with Gasteiger partial charge in [0, 0.05) is 17.6 Å². The summed E-state index contributed by atoms with van der Waals surface area (Å²) in [6, 6.07) is 5.62. The Kier molecular flexibility index (Phi) is 4.93. The van der Waals surface area contributed by atoms with Crippen molar-refractivity contribution < 1.29 is 9.90 Å². The van der Waals surface area contributed by atoms with Crippen molar-refractivity contribution in [2.24, 2.45) is 0 Å². The van der Waals surface area contributed by atoms with Gasteiger partial charge in [-0.3, -0.25) is 4.79 Å². The largest absolute Gasteiger partial charge is 0.389 e. The van der Waals surface area contributed by atoms with E-state index in [0.29, 0.717) is 18.7 Å². The minimum Gasteiger partial charge on any atom is -0.389 e. The molecule has 0 aliphatic rings. The highest BCUT2D eigenvalue weighted by Gasteiger charge is 2.23. The summed E-state index contributed by atoms with van der Waals surface area (Å²) < 4.78 is 0.823. The molecule has 4 heteroatoms. The summed E-state index contributed by atoms with van der Waals surface area (Å²) in [7, 11) is 0. The number of amides is 1. The molecule has 18 heavy (non-hydrogen) atoms. The summed E-state index contributed by atoms with van der Waals surface area (Å²) in [6.45, 7) is 8.16. The van der Waals surface area contributed by atoms with Crippen LogP contribution < -0.4 is 0 Å². The Labute approximate surface area is 117 Å². The molecule has 100 valence electrons. The van der Waals surface area contributed by atoms with Crippen molar-refractivity contribution in [3.63, 3.8) is 0 Å². The van der Waals surface area contributed by atoms with E-state index in [2.05, 4.69) is 15.9 Å². The Morgan fingerprint density at radius 3 is 2.56 bits per heavy atom. The van der Waals surface area contributed by atoms with Crippen LogP contribution in [0.1, 0.15) is 36.7 Å². The fourth-order valence-electron chi connectivity index (χ4n) is 1.78. The third-order valence-corrected chi connectivity index (χ3v) is 3.72. The number of rotatable bonds is 4. The molecule has 0 saturated carbocycles. The lowest BCUT2D eigenvalue weighted by molar-refractivity contribution is 0.0314. The van der Waals surface area contributed by atoms with Crippen LogP contribution in [0.2, 0.25) is 0 Å². The van der Waals surface area contributed by atoms with Crippen LogP contribution in [-0.4, -0.2) is 34.6 Å². The quantitative estimate of drug-likeness (QED) is 0.928. The number of aryl methyl sites for hydroxylation is 1. The lowest BCUT2D eigenvalue weighted by atomic mass is 10.1. The summed E-state index contributed by atoms with van der Waals surface area (Å²) in [4.78, 5) is 14.1. The van der Waals surface area contributed by atoms with Crippen LogP contribution in [0.4, 0.5) is 0 Å². The SMILES string of the molecule is CCN(CC(C)(C)O)C(=O)c1cccc(C)c1Br. The number of aliphatic hydroxyl groups is 1. The molecule has 1 amide bonds. The van der Waals surface area contributed by atoms with Gasteiger partial charge in [0.25, 0.3) is 5.91 Å². The standard InChI is InChI=1S/C14H20BrNO2/c1-5-16(9-14(3,4)18)13(17)11-8-6-7-10(2)12(11)15/h6-8,18H,5,9H2,1-4H3. The second-order valence-electron chi connectivity index (χ2n) is 5.07. The van der Waals surface area contributed by atoms with E-state index in [1.165, 1.54) is 0 Å². The minimum absolute atomic E-state index is 0.0600. The highest BCUT2D eigenvalue weighted by molar-refractivity contribution is 9.10. The lowest BCUT2D eigenvalue weighted by Gasteiger charge is -2.28. The van der Waals surface area contributed by atoms with Crippen LogP contribution in [0.3, 0.4) is 0 Å². The molecule has 1 aromatic carbocycles. The van der Waals surface area contributed by atoms with Crippen LogP contribution in [-0.2, 0) is 0 Å². The third-order valence-electron chi connectivity index (χ3n) is 2.67. The van der Waals surface area contributed by atoms with Crippen LogP contribution >= 0.6 is 15.9 Å². The van der Waals surface area contributed by atoms with E-state index >= 15 is 0 Å². The molecule has 0 aliphatic carbocycles. The van der Waals surface area contributed by atoms with Gasteiger partial charge in [-0.1, -0.05) is 12.1 Å². The van der Waals surface area contributed by atoms with E-state index in [1.807, 2.05) is 26.0 Å². The maximum Gasteiger partial charge on any atom is 0.255 e. The molecule has 0 heterocycles. The van der Waals surface area contributed by atoms with Gasteiger partial charge in [-0.15, -0.1) is 0 Å². The van der Waals surface area contributed by atoms with Gasteiger partial charge in [0.15, 0.2) is 0 Å². The van der Waals surface area contributed by atoms with Crippen LogP contribution in [0.25, 0.3) is 0 Å². The van der Waals surface area contributed by atoms with Gasteiger partial charge >= 0.3 is 0 Å². The molecular weight excluding hydrogens is 294 g/mol. The van der Waals surface area contributed by atoms with Gasteiger partial charge in [0.2, 0.25) is 0 Å². The molecule has 0 fully saturated rings. The van der Waals surface area contributed by atoms with Gasteiger partial charge < -0.3 is 10.0 Å². The topological polar surface area (TPSA) is 40.5 Å². The molecule has 0 spiro atoms. The van der Waals surface area contributed by atoms with E-state index in [1.54, 1.807) is 24.8 Å². The molecule has 0 unspecified atom stereocenters. The first-order chi connectivity index (χ1) is 8.26. The number of likely N-dealkylation sites (N-methyl/N-ethyl adjacent to an activating group) is 1. The van der Waals surface area contributed by atoms with Gasteiger partial charge in [0.05, 0.1) is 11.2 Å². The van der Waals surface area contributed by atoms with E-state index < -0.39 is 5.60 Å². The van der Waals surface area contributed by atoms with E-state index in [9.17, 15) is 9.90 Å². The molecule has 3 nitrogen and oxygen atoms in total. The second kappa shape index (κ2) is 5.85. The van der Waals surface area contributed by atoms with Crippen molar-refractivity contribution in [2.75, 3.05) is 13.1 Å². The highest BCUT2D eigenvalue weighted by Crippen LogP contribution is 2.23. The third kappa shape index (κ3) is 3.82. The average molecular weight is 314 g/mol. The zero-order chi connectivity index (χ0) is 13.9. The number of hydrogen-bond acceptors (Lipinski definition) is 2. The summed E-state index contributed by atoms with van der Waals surface area (Å²) in [5.74, 6) is -0.0600. The van der Waals surface area contributed by atoms with Crippen molar-refractivity contribution in [2.45, 2.75) is 33.3 Å². The second-order valence-corrected chi connectivity index (χ2v) is 5.86. The predicted molar refractivity (Wildman–Crippen MR) is 76.8 cm³/mol. The Bertz CT molecular complexity index is 438. The number of carbonyl (C=O) groups excluding carboxylic acids is 1. The van der Waals surface area contributed by atoms with Gasteiger partial charge in [-0.05, 0) is 55.3 Å². The Hall–Kier alpha value is -0.870. The number of hydrogen-bond donors (Lipinski definition) is 1. The molecule has 1 aromatic rings. The summed E-state index contributed by atoms with van der Waals surface area (Å²) >= 11 is 3.45. The molecule has 0 atom stereocenters. The monoisotopic (exact) mass is 313 g/mol. The Morgan fingerprint density at radius 1 is 1.44 bits per heavy atom. The maximum absolute atomic E-state index is 12.4. The summed E-state index contributed by atoms with van der Waals surface area (Å²) in [5.41, 5.74) is 0.781. The fourth-order valence-corrected chi connectivity index (χ4v) is 2.21. The van der Waals surface area contributed by atoms with Gasteiger partial charge in [-0.2, -0.15) is 0 Å². The molecule has 0 aliphatic heterocycles. The predicted octanol–water partition coefficient (Wildman–Crippen LogP) is 2.99. The first-order valence-electron chi connectivity index (χ1n) is 6.03. The lowest BCUT2D eigenvalue weighted by Crippen LogP contribution is -2.42.